The van der Waals surface area contributed by atoms with E-state index in [1.165, 1.54) is 0 Å². The van der Waals surface area contributed by atoms with E-state index in [9.17, 15) is 4.79 Å². The minimum atomic E-state index is -0.455. The second-order valence-corrected chi connectivity index (χ2v) is 5.15. The van der Waals surface area contributed by atoms with Crippen LogP contribution >= 0.6 is 11.6 Å². The maximum absolute atomic E-state index is 10.9. The number of primary amides is 1. The topological polar surface area (TPSA) is 78.3 Å². The van der Waals surface area contributed by atoms with Gasteiger partial charge in [0.15, 0.2) is 0 Å². The van der Waals surface area contributed by atoms with Gasteiger partial charge in [0.2, 0.25) is 5.91 Å². The van der Waals surface area contributed by atoms with Crippen LogP contribution in [-0.2, 0) is 11.4 Å². The standard InChI is InChI=1S/C16H17ClN2O2/c17-13-8-12(14(18)9-16(19)20)6-7-15(13)21-10-11-4-2-1-3-5-11/h1-8,14H,9-10,18H2,(H2,19,20). The lowest BCUT2D eigenvalue weighted by molar-refractivity contribution is -0.118. The number of halogens is 1. The molecule has 0 aliphatic rings. The molecule has 0 radical (unpaired) electrons. The third kappa shape index (κ3) is 4.48. The summed E-state index contributed by atoms with van der Waals surface area (Å²) in [4.78, 5) is 10.9. The van der Waals surface area contributed by atoms with E-state index in [1.54, 1.807) is 18.2 Å². The molecule has 0 fully saturated rings. The van der Waals surface area contributed by atoms with Crippen molar-refractivity contribution in [2.45, 2.75) is 19.1 Å². The van der Waals surface area contributed by atoms with Gasteiger partial charge in [0, 0.05) is 12.5 Å². The molecule has 4 nitrogen and oxygen atoms in total. The van der Waals surface area contributed by atoms with Crippen molar-refractivity contribution in [2.75, 3.05) is 0 Å². The number of carbonyl (C=O) groups is 1. The lowest BCUT2D eigenvalue weighted by atomic mass is 10.0. The highest BCUT2D eigenvalue weighted by Gasteiger charge is 2.12. The Kier molecular flexibility index (Phi) is 5.20. The number of hydrogen-bond acceptors (Lipinski definition) is 3. The molecular weight excluding hydrogens is 288 g/mol. The lowest BCUT2D eigenvalue weighted by Crippen LogP contribution is -2.20. The molecule has 0 bridgehead atoms. The fourth-order valence-corrected chi connectivity index (χ4v) is 2.18. The molecule has 1 amide bonds. The Morgan fingerprint density at radius 3 is 2.52 bits per heavy atom. The average Bonchev–Trinajstić information content (AvgIpc) is 2.46. The quantitative estimate of drug-likeness (QED) is 0.861. The molecule has 21 heavy (non-hydrogen) atoms. The zero-order chi connectivity index (χ0) is 15.2. The molecule has 0 heterocycles. The first-order valence-corrected chi connectivity index (χ1v) is 6.94. The van der Waals surface area contributed by atoms with Crippen LogP contribution in [0.3, 0.4) is 0 Å². The summed E-state index contributed by atoms with van der Waals surface area (Å²) in [5, 5.41) is 0.461. The molecule has 0 aromatic heterocycles. The van der Waals surface area contributed by atoms with Gasteiger partial charge in [-0.1, -0.05) is 48.0 Å². The first-order valence-electron chi connectivity index (χ1n) is 6.56. The molecule has 0 saturated heterocycles. The summed E-state index contributed by atoms with van der Waals surface area (Å²) < 4.78 is 5.67. The monoisotopic (exact) mass is 304 g/mol. The van der Waals surface area contributed by atoms with Crippen LogP contribution in [0.1, 0.15) is 23.6 Å². The molecule has 0 saturated carbocycles. The van der Waals surface area contributed by atoms with Crippen molar-refractivity contribution in [1.82, 2.24) is 0 Å². The van der Waals surface area contributed by atoms with Gasteiger partial charge < -0.3 is 16.2 Å². The van der Waals surface area contributed by atoms with Gasteiger partial charge in [-0.3, -0.25) is 4.79 Å². The predicted molar refractivity (Wildman–Crippen MR) is 83.0 cm³/mol. The van der Waals surface area contributed by atoms with Crippen molar-refractivity contribution in [3.63, 3.8) is 0 Å². The van der Waals surface area contributed by atoms with E-state index in [2.05, 4.69) is 0 Å². The van der Waals surface area contributed by atoms with Crippen LogP contribution in [0, 0.1) is 0 Å². The molecule has 5 heteroatoms. The van der Waals surface area contributed by atoms with Gasteiger partial charge in [0.25, 0.3) is 0 Å². The van der Waals surface area contributed by atoms with E-state index in [0.29, 0.717) is 17.4 Å². The molecule has 2 aromatic rings. The van der Waals surface area contributed by atoms with Crippen LogP contribution in [0.25, 0.3) is 0 Å². The number of benzene rings is 2. The van der Waals surface area contributed by atoms with Gasteiger partial charge >= 0.3 is 0 Å². The van der Waals surface area contributed by atoms with Gasteiger partial charge in [-0.15, -0.1) is 0 Å². The Bertz CT molecular complexity index is 617. The third-order valence-corrected chi connectivity index (χ3v) is 3.34. The molecule has 0 aliphatic heterocycles. The number of hydrogen-bond donors (Lipinski definition) is 2. The van der Waals surface area contributed by atoms with Gasteiger partial charge in [-0.25, -0.2) is 0 Å². The fraction of sp³-hybridized carbons (Fsp3) is 0.188. The van der Waals surface area contributed by atoms with E-state index >= 15 is 0 Å². The largest absolute Gasteiger partial charge is 0.487 e. The SMILES string of the molecule is NC(=O)CC(N)c1ccc(OCc2ccccc2)c(Cl)c1. The summed E-state index contributed by atoms with van der Waals surface area (Å²) >= 11 is 6.18. The van der Waals surface area contributed by atoms with Crippen LogP contribution in [0.5, 0.6) is 5.75 Å². The molecule has 2 rings (SSSR count). The Labute approximate surface area is 128 Å². The Morgan fingerprint density at radius 1 is 1.19 bits per heavy atom. The minimum absolute atomic E-state index is 0.0839. The highest BCUT2D eigenvalue weighted by Crippen LogP contribution is 2.28. The van der Waals surface area contributed by atoms with Crippen molar-refractivity contribution in [1.29, 1.82) is 0 Å². The smallest absolute Gasteiger partial charge is 0.219 e. The minimum Gasteiger partial charge on any atom is -0.487 e. The van der Waals surface area contributed by atoms with Crippen molar-refractivity contribution in [3.8, 4) is 5.75 Å². The third-order valence-electron chi connectivity index (χ3n) is 3.04. The summed E-state index contributed by atoms with van der Waals surface area (Å²) in [6.07, 6.45) is 0.0839. The Hall–Kier alpha value is -2.04. The highest BCUT2D eigenvalue weighted by atomic mass is 35.5. The summed E-state index contributed by atoms with van der Waals surface area (Å²) in [5.41, 5.74) is 12.8. The van der Waals surface area contributed by atoms with Crippen LogP contribution in [0.15, 0.2) is 48.5 Å². The first-order chi connectivity index (χ1) is 10.1. The molecule has 110 valence electrons. The van der Waals surface area contributed by atoms with Crippen molar-refractivity contribution in [2.24, 2.45) is 11.5 Å². The summed E-state index contributed by atoms with van der Waals surface area (Å²) in [7, 11) is 0. The Morgan fingerprint density at radius 2 is 1.90 bits per heavy atom. The fourth-order valence-electron chi connectivity index (χ4n) is 1.93. The summed E-state index contributed by atoms with van der Waals surface area (Å²) in [6, 6.07) is 14.6. The number of amides is 1. The number of nitrogens with two attached hydrogens (primary N) is 2. The predicted octanol–water partition coefficient (Wildman–Crippen LogP) is 2.79. The van der Waals surface area contributed by atoms with Crippen molar-refractivity contribution < 1.29 is 9.53 Å². The molecule has 1 unspecified atom stereocenters. The molecule has 1 atom stereocenters. The Balaban J connectivity index is 2.04. The van der Waals surface area contributed by atoms with E-state index in [-0.39, 0.29) is 6.42 Å². The normalized spacial score (nSPS) is 11.9. The summed E-state index contributed by atoms with van der Waals surface area (Å²) in [5.74, 6) is 0.138. The molecular formula is C16H17ClN2O2. The van der Waals surface area contributed by atoms with E-state index in [1.807, 2.05) is 30.3 Å². The maximum atomic E-state index is 10.9. The number of carbonyl (C=O) groups excluding carboxylic acids is 1. The van der Waals surface area contributed by atoms with E-state index in [0.717, 1.165) is 11.1 Å². The average molecular weight is 305 g/mol. The molecule has 0 aliphatic carbocycles. The maximum Gasteiger partial charge on any atom is 0.219 e. The second-order valence-electron chi connectivity index (χ2n) is 4.74. The van der Waals surface area contributed by atoms with Crippen LogP contribution in [-0.4, -0.2) is 5.91 Å². The van der Waals surface area contributed by atoms with Crippen LogP contribution < -0.4 is 16.2 Å². The van der Waals surface area contributed by atoms with Gasteiger partial charge in [0.1, 0.15) is 12.4 Å². The zero-order valence-corrected chi connectivity index (χ0v) is 12.2. The van der Waals surface area contributed by atoms with Gasteiger partial charge in [-0.05, 0) is 23.3 Å². The van der Waals surface area contributed by atoms with E-state index < -0.39 is 11.9 Å². The second kappa shape index (κ2) is 7.11. The van der Waals surface area contributed by atoms with Gasteiger partial charge in [-0.2, -0.15) is 0 Å². The van der Waals surface area contributed by atoms with Crippen molar-refractivity contribution in [3.05, 3.63) is 64.7 Å². The molecule has 4 N–H and O–H groups in total. The highest BCUT2D eigenvalue weighted by molar-refractivity contribution is 6.32. The summed E-state index contributed by atoms with van der Waals surface area (Å²) in [6.45, 7) is 0.438. The first kappa shape index (κ1) is 15.4. The lowest BCUT2D eigenvalue weighted by Gasteiger charge is -2.13. The molecule has 2 aromatic carbocycles. The van der Waals surface area contributed by atoms with E-state index in [4.69, 9.17) is 27.8 Å². The molecule has 0 spiro atoms. The zero-order valence-electron chi connectivity index (χ0n) is 11.5. The number of ether oxygens (including phenoxy) is 1. The van der Waals surface area contributed by atoms with Crippen LogP contribution in [0.4, 0.5) is 0 Å². The van der Waals surface area contributed by atoms with Crippen molar-refractivity contribution >= 4 is 17.5 Å². The van der Waals surface area contributed by atoms with Crippen LogP contribution in [0.2, 0.25) is 5.02 Å². The van der Waals surface area contributed by atoms with Gasteiger partial charge in [0.05, 0.1) is 5.02 Å². The number of rotatable bonds is 6.